The molecule has 1 aliphatic rings. The first-order valence-corrected chi connectivity index (χ1v) is 8.63. The standard InChI is InChI=1S/C20H21FN4O3/c1-11-16(23-10-22-11)9-13-17-12(7-8-20(2,3)25-19(27)28-4)14(21)5-6-15(17)24-18(13)26/h5-10H,1-4H3,(H,22,23)(H,24,26)(H,25,27)/b8-7+,13-9-. The first-order valence-electron chi connectivity index (χ1n) is 8.63. The number of ether oxygens (including phenoxy) is 1. The van der Waals surface area contributed by atoms with Crippen molar-refractivity contribution in [2.45, 2.75) is 26.3 Å². The fraction of sp³-hybridized carbons (Fsp3) is 0.250. The lowest BCUT2D eigenvalue weighted by Gasteiger charge is -2.21. The highest BCUT2D eigenvalue weighted by Crippen LogP contribution is 2.38. The highest BCUT2D eigenvalue weighted by atomic mass is 19.1. The van der Waals surface area contributed by atoms with Crippen molar-refractivity contribution in [3.8, 4) is 0 Å². The third kappa shape index (κ3) is 3.80. The van der Waals surface area contributed by atoms with Crippen LogP contribution in [0.4, 0.5) is 14.9 Å². The Labute approximate surface area is 161 Å². The molecule has 0 aliphatic carbocycles. The number of carbonyl (C=O) groups excluding carboxylic acids is 2. The van der Waals surface area contributed by atoms with E-state index in [-0.39, 0.29) is 11.5 Å². The maximum absolute atomic E-state index is 14.7. The van der Waals surface area contributed by atoms with Crippen LogP contribution in [-0.4, -0.2) is 34.6 Å². The van der Waals surface area contributed by atoms with Gasteiger partial charge in [0.15, 0.2) is 0 Å². The van der Waals surface area contributed by atoms with Gasteiger partial charge >= 0.3 is 6.09 Å². The Kier molecular flexibility index (Phi) is 5.04. The smallest absolute Gasteiger partial charge is 0.407 e. The van der Waals surface area contributed by atoms with E-state index in [0.29, 0.717) is 22.5 Å². The number of carbonyl (C=O) groups is 2. The third-order valence-corrected chi connectivity index (χ3v) is 4.38. The van der Waals surface area contributed by atoms with Gasteiger partial charge in [-0.05, 0) is 39.0 Å². The molecule has 0 bridgehead atoms. The molecule has 3 rings (SSSR count). The second-order valence-corrected chi connectivity index (χ2v) is 6.98. The molecule has 0 unspecified atom stereocenters. The lowest BCUT2D eigenvalue weighted by Crippen LogP contribution is -2.41. The van der Waals surface area contributed by atoms with E-state index in [1.165, 1.54) is 25.6 Å². The van der Waals surface area contributed by atoms with Crippen molar-refractivity contribution in [2.75, 3.05) is 12.4 Å². The van der Waals surface area contributed by atoms with Gasteiger partial charge in [-0.15, -0.1) is 0 Å². The zero-order valence-electron chi connectivity index (χ0n) is 16.0. The zero-order chi connectivity index (χ0) is 20.5. The minimum absolute atomic E-state index is 0.245. The summed E-state index contributed by atoms with van der Waals surface area (Å²) in [5.74, 6) is -0.811. The number of fused-ring (bicyclic) bond motifs is 1. The van der Waals surface area contributed by atoms with E-state index < -0.39 is 17.4 Å². The average Bonchev–Trinajstić information content (AvgIpc) is 3.17. The number of methoxy groups -OCH3 is 1. The van der Waals surface area contributed by atoms with Crippen LogP contribution in [0.3, 0.4) is 0 Å². The highest BCUT2D eigenvalue weighted by molar-refractivity contribution is 6.35. The molecule has 2 heterocycles. The van der Waals surface area contributed by atoms with E-state index >= 15 is 0 Å². The number of nitrogens with one attached hydrogen (secondary N) is 3. The van der Waals surface area contributed by atoms with Crippen LogP contribution in [0.15, 0.2) is 24.5 Å². The molecule has 1 aliphatic heterocycles. The maximum atomic E-state index is 14.7. The van der Waals surface area contributed by atoms with Crippen molar-refractivity contribution in [1.82, 2.24) is 15.3 Å². The van der Waals surface area contributed by atoms with Crippen molar-refractivity contribution in [3.05, 3.63) is 52.9 Å². The molecule has 2 amide bonds. The van der Waals surface area contributed by atoms with Crippen molar-refractivity contribution >= 4 is 35.4 Å². The molecular formula is C20H21FN4O3. The van der Waals surface area contributed by atoms with E-state index in [0.717, 1.165) is 5.69 Å². The number of aromatic nitrogens is 2. The molecule has 1 aromatic carbocycles. The first kappa shape index (κ1) is 19.3. The number of hydrogen-bond donors (Lipinski definition) is 3. The van der Waals surface area contributed by atoms with E-state index in [4.69, 9.17) is 0 Å². The normalized spacial score (nSPS) is 15.0. The van der Waals surface area contributed by atoms with Crippen LogP contribution in [0, 0.1) is 12.7 Å². The summed E-state index contributed by atoms with van der Waals surface area (Å²) in [6.07, 6.45) is 5.75. The summed E-state index contributed by atoms with van der Waals surface area (Å²) in [4.78, 5) is 31.1. The van der Waals surface area contributed by atoms with E-state index in [1.54, 1.807) is 32.1 Å². The number of halogens is 1. The van der Waals surface area contributed by atoms with Crippen LogP contribution in [0.2, 0.25) is 0 Å². The molecule has 3 N–H and O–H groups in total. The molecule has 1 aromatic heterocycles. The number of anilines is 1. The average molecular weight is 384 g/mol. The lowest BCUT2D eigenvalue weighted by molar-refractivity contribution is -0.110. The molecule has 0 spiro atoms. The van der Waals surface area contributed by atoms with Gasteiger partial charge in [0.05, 0.1) is 30.2 Å². The Morgan fingerprint density at radius 1 is 1.36 bits per heavy atom. The predicted molar refractivity (Wildman–Crippen MR) is 105 cm³/mol. The summed E-state index contributed by atoms with van der Waals surface area (Å²) in [6, 6.07) is 2.82. The predicted octanol–water partition coefficient (Wildman–Crippen LogP) is 3.50. The quantitative estimate of drug-likeness (QED) is 0.703. The SMILES string of the molecule is COC(=O)NC(C)(C)/C=C/c1c(F)ccc2c1/C(=C/c1nc[nH]c1C)C(=O)N2. The van der Waals surface area contributed by atoms with Gasteiger partial charge in [0.2, 0.25) is 0 Å². The number of rotatable bonds is 4. The number of aryl methyl sites for hydroxylation is 1. The van der Waals surface area contributed by atoms with Gasteiger partial charge in [-0.1, -0.05) is 12.2 Å². The summed E-state index contributed by atoms with van der Waals surface area (Å²) < 4.78 is 19.3. The van der Waals surface area contributed by atoms with Crippen LogP contribution in [0.25, 0.3) is 17.7 Å². The van der Waals surface area contributed by atoms with Gasteiger partial charge in [-0.25, -0.2) is 14.2 Å². The van der Waals surface area contributed by atoms with Crippen LogP contribution in [0.5, 0.6) is 0 Å². The largest absolute Gasteiger partial charge is 0.453 e. The van der Waals surface area contributed by atoms with Gasteiger partial charge in [0.25, 0.3) is 5.91 Å². The molecule has 8 heteroatoms. The van der Waals surface area contributed by atoms with Crippen molar-refractivity contribution in [1.29, 1.82) is 0 Å². The lowest BCUT2D eigenvalue weighted by atomic mass is 9.96. The fourth-order valence-corrected chi connectivity index (χ4v) is 2.89. The van der Waals surface area contributed by atoms with Gasteiger partial charge in [-0.2, -0.15) is 0 Å². The Morgan fingerprint density at radius 2 is 2.11 bits per heavy atom. The van der Waals surface area contributed by atoms with E-state index in [1.807, 2.05) is 6.92 Å². The Balaban J connectivity index is 2.06. The minimum atomic E-state index is -0.791. The molecule has 28 heavy (non-hydrogen) atoms. The van der Waals surface area contributed by atoms with Crippen molar-refractivity contribution in [2.24, 2.45) is 0 Å². The van der Waals surface area contributed by atoms with Crippen LogP contribution in [-0.2, 0) is 9.53 Å². The van der Waals surface area contributed by atoms with Gasteiger partial charge in [0.1, 0.15) is 5.82 Å². The molecule has 0 atom stereocenters. The van der Waals surface area contributed by atoms with E-state index in [2.05, 4.69) is 25.3 Å². The van der Waals surface area contributed by atoms with Crippen LogP contribution < -0.4 is 10.6 Å². The summed E-state index contributed by atoms with van der Waals surface area (Å²) >= 11 is 0. The fourth-order valence-electron chi connectivity index (χ4n) is 2.89. The number of aromatic amines is 1. The second-order valence-electron chi connectivity index (χ2n) is 6.98. The molecule has 0 saturated heterocycles. The highest BCUT2D eigenvalue weighted by Gasteiger charge is 2.29. The molecule has 0 saturated carbocycles. The number of H-pyrrole nitrogens is 1. The third-order valence-electron chi connectivity index (χ3n) is 4.38. The summed E-state index contributed by atoms with van der Waals surface area (Å²) in [6.45, 7) is 5.32. The summed E-state index contributed by atoms with van der Waals surface area (Å²) in [5, 5.41) is 5.40. The number of hydrogen-bond acceptors (Lipinski definition) is 4. The molecule has 0 fully saturated rings. The molecule has 2 aromatic rings. The van der Waals surface area contributed by atoms with E-state index in [9.17, 15) is 14.0 Å². The van der Waals surface area contributed by atoms with Crippen LogP contribution in [0.1, 0.15) is 36.4 Å². The Hall–Kier alpha value is -3.42. The number of benzene rings is 1. The molecule has 7 nitrogen and oxygen atoms in total. The number of nitrogens with zero attached hydrogens (tertiary/aromatic N) is 1. The van der Waals surface area contributed by atoms with Crippen LogP contribution >= 0.6 is 0 Å². The Bertz CT molecular complexity index is 1000. The molecule has 0 radical (unpaired) electrons. The number of amides is 2. The summed E-state index contributed by atoms with van der Waals surface area (Å²) in [5.41, 5.74) is 2.15. The first-order chi connectivity index (χ1) is 13.2. The maximum Gasteiger partial charge on any atom is 0.407 e. The summed E-state index contributed by atoms with van der Waals surface area (Å²) in [7, 11) is 1.27. The molecule has 146 valence electrons. The van der Waals surface area contributed by atoms with Gasteiger partial charge in [0, 0.05) is 22.5 Å². The number of imidazole rings is 1. The van der Waals surface area contributed by atoms with Crippen molar-refractivity contribution < 1.29 is 18.7 Å². The minimum Gasteiger partial charge on any atom is -0.453 e. The van der Waals surface area contributed by atoms with Crippen molar-refractivity contribution in [3.63, 3.8) is 0 Å². The van der Waals surface area contributed by atoms with Gasteiger partial charge < -0.3 is 20.4 Å². The second kappa shape index (κ2) is 7.30. The number of alkyl carbamates (subject to hydrolysis) is 1. The monoisotopic (exact) mass is 384 g/mol. The zero-order valence-corrected chi connectivity index (χ0v) is 16.0. The molecular weight excluding hydrogens is 363 g/mol. The topological polar surface area (TPSA) is 96.1 Å². The Morgan fingerprint density at radius 3 is 2.75 bits per heavy atom. The van der Waals surface area contributed by atoms with Gasteiger partial charge in [-0.3, -0.25) is 4.79 Å².